The Hall–Kier alpha value is -1.47. The number of hydrogen-bond acceptors (Lipinski definition) is 5. The van der Waals surface area contributed by atoms with Crippen LogP contribution in [0.4, 0.5) is 0 Å². The van der Waals surface area contributed by atoms with Gasteiger partial charge in [0.25, 0.3) is 0 Å². The first-order chi connectivity index (χ1) is 11.2. The van der Waals surface area contributed by atoms with Crippen LogP contribution in [0.2, 0.25) is 0 Å². The summed E-state index contributed by atoms with van der Waals surface area (Å²) in [4.78, 5) is 17.1. The van der Waals surface area contributed by atoms with Crippen molar-refractivity contribution < 1.29 is 9.53 Å². The molecule has 1 amide bonds. The number of morpholine rings is 1. The maximum atomic E-state index is 12.8. The van der Waals surface area contributed by atoms with E-state index in [1.165, 1.54) is 12.8 Å². The second kappa shape index (κ2) is 6.20. The van der Waals surface area contributed by atoms with Gasteiger partial charge >= 0.3 is 0 Å². The van der Waals surface area contributed by atoms with E-state index in [0.717, 1.165) is 44.1 Å². The second-order valence-corrected chi connectivity index (χ2v) is 6.87. The Balaban J connectivity index is 1.40. The minimum atomic E-state index is 0.245. The maximum Gasteiger partial charge on any atom is 0.237 e. The number of rotatable bonds is 2. The number of fused-ring (bicyclic) bond motifs is 2. The Kier molecular flexibility index (Phi) is 4.07. The number of nitrogens with zero attached hydrogens (tertiary/aromatic N) is 5. The van der Waals surface area contributed by atoms with Gasteiger partial charge in [0.2, 0.25) is 5.91 Å². The molecule has 0 radical (unpaired) electrons. The highest BCUT2D eigenvalue weighted by Gasteiger charge is 2.37. The molecule has 2 fully saturated rings. The van der Waals surface area contributed by atoms with Gasteiger partial charge in [0, 0.05) is 19.6 Å². The molecule has 1 saturated heterocycles. The van der Waals surface area contributed by atoms with Gasteiger partial charge in [-0.2, -0.15) is 0 Å². The molecule has 0 spiro atoms. The van der Waals surface area contributed by atoms with Gasteiger partial charge in [-0.25, -0.2) is 0 Å². The summed E-state index contributed by atoms with van der Waals surface area (Å²) in [6.45, 7) is 6.35. The van der Waals surface area contributed by atoms with Gasteiger partial charge in [-0.05, 0) is 19.8 Å². The predicted octanol–water partition coefficient (Wildman–Crippen LogP) is 0.572. The van der Waals surface area contributed by atoms with E-state index in [1.54, 1.807) is 0 Å². The molecule has 0 N–H and O–H groups in total. The largest absolute Gasteiger partial charge is 0.374 e. The summed E-state index contributed by atoms with van der Waals surface area (Å²) < 4.78 is 8.02. The summed E-state index contributed by atoms with van der Waals surface area (Å²) in [5.41, 5.74) is 0. The van der Waals surface area contributed by atoms with Crippen LogP contribution in [0.15, 0.2) is 0 Å². The van der Waals surface area contributed by atoms with E-state index >= 15 is 0 Å². The smallest absolute Gasteiger partial charge is 0.237 e. The number of carbonyl (C=O) groups is 1. The molecule has 3 aliphatic rings. The van der Waals surface area contributed by atoms with Crippen molar-refractivity contribution in [1.29, 1.82) is 0 Å². The quantitative estimate of drug-likeness (QED) is 0.797. The SMILES string of the molecule is Cc1nnc2n1CCN(CC(=O)N1CCOC3CCCCC31)C2. The molecule has 7 heteroatoms. The van der Waals surface area contributed by atoms with Crippen LogP contribution in [-0.2, 0) is 22.6 Å². The normalized spacial score (nSPS) is 28.3. The fourth-order valence-electron chi connectivity index (χ4n) is 4.18. The number of hydrogen-bond donors (Lipinski definition) is 0. The van der Waals surface area contributed by atoms with E-state index in [2.05, 4.69) is 24.6 Å². The molecule has 23 heavy (non-hydrogen) atoms. The zero-order valence-corrected chi connectivity index (χ0v) is 13.8. The lowest BCUT2D eigenvalue weighted by molar-refractivity contribution is -0.151. The molecule has 0 aromatic carbocycles. The number of aryl methyl sites for hydroxylation is 1. The number of aromatic nitrogens is 3. The van der Waals surface area contributed by atoms with Gasteiger partial charge in [-0.15, -0.1) is 10.2 Å². The number of ether oxygens (including phenoxy) is 1. The molecule has 126 valence electrons. The Morgan fingerprint density at radius 2 is 2.09 bits per heavy atom. The van der Waals surface area contributed by atoms with E-state index in [4.69, 9.17) is 4.74 Å². The fourth-order valence-corrected chi connectivity index (χ4v) is 4.18. The maximum absolute atomic E-state index is 12.8. The van der Waals surface area contributed by atoms with Gasteiger partial charge in [0.15, 0.2) is 0 Å². The summed E-state index contributed by atoms with van der Waals surface area (Å²) >= 11 is 0. The third-order valence-corrected chi connectivity index (χ3v) is 5.43. The van der Waals surface area contributed by atoms with Gasteiger partial charge in [-0.1, -0.05) is 12.8 Å². The molecule has 1 aliphatic carbocycles. The lowest BCUT2D eigenvalue weighted by Gasteiger charge is -2.44. The van der Waals surface area contributed by atoms with Gasteiger partial charge in [0.1, 0.15) is 11.6 Å². The van der Waals surface area contributed by atoms with Crippen LogP contribution in [0.5, 0.6) is 0 Å². The molecule has 1 aromatic heterocycles. The van der Waals surface area contributed by atoms with Crippen molar-refractivity contribution >= 4 is 5.91 Å². The van der Waals surface area contributed by atoms with Crippen molar-refractivity contribution in [2.24, 2.45) is 0 Å². The first-order valence-electron chi connectivity index (χ1n) is 8.74. The minimum absolute atomic E-state index is 0.245. The van der Waals surface area contributed by atoms with E-state index in [-0.39, 0.29) is 12.0 Å². The van der Waals surface area contributed by atoms with Crippen LogP contribution in [-0.4, -0.2) is 68.9 Å². The molecule has 1 aromatic rings. The highest BCUT2D eigenvalue weighted by molar-refractivity contribution is 5.78. The van der Waals surface area contributed by atoms with Gasteiger partial charge < -0.3 is 14.2 Å². The average molecular weight is 319 g/mol. The van der Waals surface area contributed by atoms with Crippen molar-refractivity contribution in [2.75, 3.05) is 26.2 Å². The van der Waals surface area contributed by atoms with E-state index in [0.29, 0.717) is 25.7 Å². The van der Waals surface area contributed by atoms with Crippen LogP contribution in [0.25, 0.3) is 0 Å². The standard InChI is InChI=1S/C16H25N5O2/c1-12-17-18-15-10-19(6-7-20(12)15)11-16(22)21-8-9-23-14-5-3-2-4-13(14)21/h13-14H,2-11H2,1H3. The van der Waals surface area contributed by atoms with Crippen molar-refractivity contribution in [1.82, 2.24) is 24.6 Å². The second-order valence-electron chi connectivity index (χ2n) is 6.87. The van der Waals surface area contributed by atoms with Crippen LogP contribution < -0.4 is 0 Å². The Labute approximate surface area is 136 Å². The molecule has 1 saturated carbocycles. The lowest BCUT2D eigenvalue weighted by atomic mass is 9.90. The van der Waals surface area contributed by atoms with Gasteiger partial charge in [0.05, 0.1) is 31.8 Å². The Morgan fingerprint density at radius 1 is 1.22 bits per heavy atom. The van der Waals surface area contributed by atoms with Crippen LogP contribution in [0.3, 0.4) is 0 Å². The monoisotopic (exact) mass is 319 g/mol. The summed E-state index contributed by atoms with van der Waals surface area (Å²) in [5, 5.41) is 8.35. The summed E-state index contributed by atoms with van der Waals surface area (Å²) in [6.07, 6.45) is 4.88. The first-order valence-corrected chi connectivity index (χ1v) is 8.74. The lowest BCUT2D eigenvalue weighted by Crippen LogP contribution is -2.57. The Morgan fingerprint density at radius 3 is 3.00 bits per heavy atom. The fraction of sp³-hybridized carbons (Fsp3) is 0.812. The van der Waals surface area contributed by atoms with Crippen molar-refractivity contribution in [2.45, 2.75) is 57.8 Å². The molecule has 2 atom stereocenters. The molecule has 2 unspecified atom stereocenters. The van der Waals surface area contributed by atoms with Gasteiger partial charge in [-0.3, -0.25) is 9.69 Å². The van der Waals surface area contributed by atoms with Crippen LogP contribution in [0, 0.1) is 6.92 Å². The summed E-state index contributed by atoms with van der Waals surface area (Å²) in [6, 6.07) is 0.292. The molecule has 3 heterocycles. The highest BCUT2D eigenvalue weighted by Crippen LogP contribution is 2.28. The predicted molar refractivity (Wildman–Crippen MR) is 83.7 cm³/mol. The Bertz CT molecular complexity index is 585. The molecular formula is C16H25N5O2. The molecule has 0 bridgehead atoms. The first kappa shape index (κ1) is 15.1. The topological polar surface area (TPSA) is 63.5 Å². The molecule has 4 rings (SSSR count). The third-order valence-electron chi connectivity index (χ3n) is 5.43. The van der Waals surface area contributed by atoms with E-state index in [9.17, 15) is 4.79 Å². The van der Waals surface area contributed by atoms with E-state index in [1.807, 2.05) is 6.92 Å². The average Bonchev–Trinajstić information content (AvgIpc) is 2.95. The molecule has 7 nitrogen and oxygen atoms in total. The summed E-state index contributed by atoms with van der Waals surface area (Å²) in [7, 11) is 0. The van der Waals surface area contributed by atoms with Crippen LogP contribution in [0.1, 0.15) is 37.3 Å². The number of carbonyl (C=O) groups excluding carboxylic acids is 1. The highest BCUT2D eigenvalue weighted by atomic mass is 16.5. The van der Waals surface area contributed by atoms with Crippen LogP contribution >= 0.6 is 0 Å². The zero-order chi connectivity index (χ0) is 15.8. The van der Waals surface area contributed by atoms with Crippen molar-refractivity contribution in [3.05, 3.63) is 11.6 Å². The minimum Gasteiger partial charge on any atom is -0.374 e. The zero-order valence-electron chi connectivity index (χ0n) is 13.8. The van der Waals surface area contributed by atoms with Crippen molar-refractivity contribution in [3.63, 3.8) is 0 Å². The summed E-state index contributed by atoms with van der Waals surface area (Å²) in [5.74, 6) is 2.18. The number of amides is 1. The third kappa shape index (κ3) is 2.87. The van der Waals surface area contributed by atoms with Crippen molar-refractivity contribution in [3.8, 4) is 0 Å². The van der Waals surface area contributed by atoms with E-state index < -0.39 is 0 Å². The molecular weight excluding hydrogens is 294 g/mol. The molecule has 2 aliphatic heterocycles.